The summed E-state index contributed by atoms with van der Waals surface area (Å²) < 4.78 is 40.2. The zero-order valence-electron chi connectivity index (χ0n) is 15.6. The molecular formula is C20H20NO6S-. The van der Waals surface area contributed by atoms with Crippen LogP contribution in [-0.2, 0) is 10.0 Å². The van der Waals surface area contributed by atoms with Crippen LogP contribution in [0.1, 0.15) is 47.2 Å². The van der Waals surface area contributed by atoms with Crippen molar-refractivity contribution in [3.63, 3.8) is 0 Å². The standard InChI is InChI=1S/C20H21NO6S/c1-12-9-14(19(22)23)10-18(13(12)2)28(24,25)21-15-5-6-16-17(11-15)27-20(26-16)7-3-4-8-20/h5-6,9-11,21H,3-4,7-8H2,1-2H3,(H,22,23)/p-1. The van der Waals surface area contributed by atoms with Gasteiger partial charge in [-0.1, -0.05) is 0 Å². The summed E-state index contributed by atoms with van der Waals surface area (Å²) in [5.74, 6) is -0.963. The molecular weight excluding hydrogens is 382 g/mol. The van der Waals surface area contributed by atoms with Crippen LogP contribution >= 0.6 is 0 Å². The third-order valence-electron chi connectivity index (χ3n) is 5.30. The van der Waals surface area contributed by atoms with E-state index in [0.29, 0.717) is 28.3 Å². The fraction of sp³-hybridized carbons (Fsp3) is 0.350. The largest absolute Gasteiger partial charge is 0.545 e. The lowest BCUT2D eigenvalue weighted by Gasteiger charge is -2.21. The van der Waals surface area contributed by atoms with Crippen LogP contribution < -0.4 is 19.3 Å². The molecule has 8 heteroatoms. The maximum Gasteiger partial charge on any atom is 0.262 e. The Morgan fingerprint density at radius 3 is 2.43 bits per heavy atom. The lowest BCUT2D eigenvalue weighted by atomic mass is 10.1. The van der Waals surface area contributed by atoms with Crippen molar-refractivity contribution >= 4 is 21.7 Å². The van der Waals surface area contributed by atoms with Crippen LogP contribution in [0.4, 0.5) is 5.69 Å². The molecule has 0 atom stereocenters. The molecule has 4 rings (SSSR count). The number of nitrogens with one attached hydrogen (secondary N) is 1. The first kappa shape index (κ1) is 18.6. The maximum atomic E-state index is 12.9. The van der Waals surface area contributed by atoms with Crippen LogP contribution in [0.25, 0.3) is 0 Å². The number of carboxylic acid groups (broad SMARTS) is 1. The Balaban J connectivity index is 1.64. The van der Waals surface area contributed by atoms with Gasteiger partial charge in [0.25, 0.3) is 15.8 Å². The van der Waals surface area contributed by atoms with Crippen molar-refractivity contribution in [2.45, 2.75) is 50.2 Å². The number of anilines is 1. The van der Waals surface area contributed by atoms with E-state index in [-0.39, 0.29) is 10.5 Å². The van der Waals surface area contributed by atoms with E-state index in [0.717, 1.165) is 31.7 Å². The lowest BCUT2D eigenvalue weighted by Crippen LogP contribution is -2.34. The Morgan fingerprint density at radius 1 is 1.07 bits per heavy atom. The summed E-state index contributed by atoms with van der Waals surface area (Å²) in [6.07, 6.45) is 3.66. The third kappa shape index (κ3) is 3.17. The predicted octanol–water partition coefficient (Wildman–Crippen LogP) is 2.51. The summed E-state index contributed by atoms with van der Waals surface area (Å²) in [6.45, 7) is 3.29. The number of hydrogen-bond acceptors (Lipinski definition) is 6. The van der Waals surface area contributed by atoms with Gasteiger partial charge in [0.05, 0.1) is 16.6 Å². The maximum absolute atomic E-state index is 12.9. The van der Waals surface area contributed by atoms with Crippen molar-refractivity contribution in [1.29, 1.82) is 0 Å². The number of fused-ring (bicyclic) bond motifs is 1. The van der Waals surface area contributed by atoms with Gasteiger partial charge in [0.15, 0.2) is 11.5 Å². The molecule has 0 bridgehead atoms. The highest BCUT2D eigenvalue weighted by Gasteiger charge is 2.44. The van der Waals surface area contributed by atoms with Gasteiger partial charge < -0.3 is 19.4 Å². The second kappa shape index (κ2) is 6.41. The molecule has 0 amide bonds. The number of carboxylic acids is 1. The zero-order chi connectivity index (χ0) is 20.1. The van der Waals surface area contributed by atoms with Gasteiger partial charge in [0.2, 0.25) is 0 Å². The molecule has 0 unspecified atom stereocenters. The molecule has 2 aromatic carbocycles. The highest BCUT2D eigenvalue weighted by Crippen LogP contribution is 2.47. The van der Waals surface area contributed by atoms with E-state index in [4.69, 9.17) is 9.47 Å². The minimum absolute atomic E-state index is 0.100. The first-order chi connectivity index (χ1) is 13.2. The minimum atomic E-state index is -4.00. The number of benzene rings is 2. The van der Waals surface area contributed by atoms with Gasteiger partial charge in [0, 0.05) is 18.9 Å². The van der Waals surface area contributed by atoms with Crippen LogP contribution in [0, 0.1) is 13.8 Å². The summed E-state index contributed by atoms with van der Waals surface area (Å²) in [7, 11) is -4.00. The highest BCUT2D eigenvalue weighted by molar-refractivity contribution is 7.92. The molecule has 1 heterocycles. The van der Waals surface area contributed by atoms with Crippen LogP contribution in [-0.4, -0.2) is 20.2 Å². The number of rotatable bonds is 4. The Labute approximate surface area is 163 Å². The SMILES string of the molecule is Cc1cc(C(=O)[O-])cc(S(=O)(=O)Nc2ccc3c(c2)OC2(CCCC2)O3)c1C. The van der Waals surface area contributed by atoms with E-state index < -0.39 is 21.8 Å². The second-order valence-corrected chi connectivity index (χ2v) is 8.94. The van der Waals surface area contributed by atoms with Crippen molar-refractivity contribution in [2.24, 2.45) is 0 Å². The zero-order valence-corrected chi connectivity index (χ0v) is 16.4. The quantitative estimate of drug-likeness (QED) is 0.843. The van der Waals surface area contributed by atoms with E-state index in [1.165, 1.54) is 6.07 Å². The van der Waals surface area contributed by atoms with Crippen LogP contribution in [0.5, 0.6) is 11.5 Å². The molecule has 0 aromatic heterocycles. The van der Waals surface area contributed by atoms with Gasteiger partial charge in [-0.15, -0.1) is 0 Å². The fourth-order valence-corrected chi connectivity index (χ4v) is 5.10. The predicted molar refractivity (Wildman–Crippen MR) is 100.0 cm³/mol. The second-order valence-electron chi connectivity index (χ2n) is 7.29. The average molecular weight is 402 g/mol. The number of ether oxygens (including phenoxy) is 2. The summed E-state index contributed by atoms with van der Waals surface area (Å²) in [6, 6.07) is 7.37. The van der Waals surface area contributed by atoms with Gasteiger partial charge in [-0.05, 0) is 67.6 Å². The molecule has 0 saturated heterocycles. The number of sulfonamides is 1. The van der Waals surface area contributed by atoms with Crippen LogP contribution in [0.15, 0.2) is 35.2 Å². The Hall–Kier alpha value is -2.74. The van der Waals surface area contributed by atoms with Gasteiger partial charge in [-0.25, -0.2) is 8.42 Å². The smallest absolute Gasteiger partial charge is 0.262 e. The molecule has 148 valence electrons. The first-order valence-electron chi connectivity index (χ1n) is 9.07. The van der Waals surface area contributed by atoms with E-state index >= 15 is 0 Å². The van der Waals surface area contributed by atoms with Gasteiger partial charge in [-0.2, -0.15) is 0 Å². The molecule has 2 aromatic rings. The average Bonchev–Trinajstić information content (AvgIpc) is 3.22. The Morgan fingerprint density at radius 2 is 1.75 bits per heavy atom. The van der Waals surface area contributed by atoms with E-state index in [2.05, 4.69) is 4.72 Å². The Kier molecular flexibility index (Phi) is 4.26. The van der Waals surface area contributed by atoms with Crippen LogP contribution in [0.3, 0.4) is 0 Å². The monoisotopic (exact) mass is 402 g/mol. The molecule has 1 N–H and O–H groups in total. The van der Waals surface area contributed by atoms with E-state index in [9.17, 15) is 18.3 Å². The van der Waals surface area contributed by atoms with Gasteiger partial charge >= 0.3 is 0 Å². The van der Waals surface area contributed by atoms with Gasteiger partial charge in [0.1, 0.15) is 0 Å². The number of carbonyl (C=O) groups is 1. The molecule has 28 heavy (non-hydrogen) atoms. The Bertz CT molecular complexity index is 1070. The van der Waals surface area contributed by atoms with Crippen LogP contribution in [0.2, 0.25) is 0 Å². The number of carbonyl (C=O) groups excluding carboxylic acids is 1. The molecule has 1 fully saturated rings. The molecule has 2 aliphatic rings. The molecule has 1 aliphatic carbocycles. The van der Waals surface area contributed by atoms with Crippen molar-refractivity contribution in [3.05, 3.63) is 47.0 Å². The number of hydrogen-bond donors (Lipinski definition) is 1. The summed E-state index contributed by atoms with van der Waals surface area (Å²) in [4.78, 5) is 11.1. The van der Waals surface area contributed by atoms with Crippen molar-refractivity contribution in [1.82, 2.24) is 0 Å². The molecule has 1 spiro atoms. The van der Waals surface area contributed by atoms with E-state index in [1.807, 2.05) is 0 Å². The number of aryl methyl sites for hydroxylation is 1. The molecule has 1 saturated carbocycles. The molecule has 0 radical (unpaired) electrons. The van der Waals surface area contributed by atoms with Crippen molar-refractivity contribution in [2.75, 3.05) is 4.72 Å². The highest BCUT2D eigenvalue weighted by atomic mass is 32.2. The minimum Gasteiger partial charge on any atom is -0.545 e. The molecule has 1 aliphatic heterocycles. The summed E-state index contributed by atoms with van der Waals surface area (Å²) in [5.41, 5.74) is 1.16. The number of aromatic carboxylic acids is 1. The third-order valence-corrected chi connectivity index (χ3v) is 6.81. The fourth-order valence-electron chi connectivity index (χ4n) is 3.71. The first-order valence-corrected chi connectivity index (χ1v) is 10.5. The molecule has 7 nitrogen and oxygen atoms in total. The summed E-state index contributed by atoms with van der Waals surface area (Å²) in [5, 5.41) is 11.2. The normalized spacial score (nSPS) is 17.1. The van der Waals surface area contributed by atoms with E-state index in [1.54, 1.807) is 32.0 Å². The lowest BCUT2D eigenvalue weighted by molar-refractivity contribution is -0.255. The van der Waals surface area contributed by atoms with Crippen molar-refractivity contribution < 1.29 is 27.8 Å². The summed E-state index contributed by atoms with van der Waals surface area (Å²) >= 11 is 0. The van der Waals surface area contributed by atoms with Crippen molar-refractivity contribution in [3.8, 4) is 11.5 Å². The van der Waals surface area contributed by atoms with Gasteiger partial charge in [-0.3, -0.25) is 4.72 Å². The topological polar surface area (TPSA) is 105 Å².